The number of nitrogens with one attached hydrogen (secondary N) is 1. The molecule has 0 aliphatic carbocycles. The second-order valence-electron chi connectivity index (χ2n) is 9.65. The van der Waals surface area contributed by atoms with E-state index in [2.05, 4.69) is 36.5 Å². The van der Waals surface area contributed by atoms with Gasteiger partial charge in [-0.1, -0.05) is 67.9 Å². The second-order valence-corrected chi connectivity index (χ2v) is 9.65. The number of nitrogens with two attached hydrogens (primary N) is 1. The number of para-hydroxylation sites is 2. The van der Waals surface area contributed by atoms with Gasteiger partial charge in [0.1, 0.15) is 16.9 Å². The highest BCUT2D eigenvalue weighted by atomic mass is 16.1. The lowest BCUT2D eigenvalue weighted by molar-refractivity contribution is 0.0941. The highest BCUT2D eigenvalue weighted by molar-refractivity contribution is 6.11. The number of hydrogen-bond donors (Lipinski definition) is 2. The molecule has 1 amide bonds. The van der Waals surface area contributed by atoms with Gasteiger partial charge in [0, 0.05) is 11.7 Å². The summed E-state index contributed by atoms with van der Waals surface area (Å²) in [6.07, 6.45) is 5.05. The Bertz CT molecular complexity index is 1520. The molecule has 0 aliphatic rings. The summed E-state index contributed by atoms with van der Waals surface area (Å²) in [6.45, 7) is 4.21. The van der Waals surface area contributed by atoms with Crippen LogP contribution in [0.3, 0.4) is 0 Å². The van der Waals surface area contributed by atoms with E-state index in [1.807, 2.05) is 66.1 Å². The van der Waals surface area contributed by atoms with Crippen LogP contribution < -0.4 is 11.1 Å². The number of aryl methyl sites for hydroxylation is 2. The van der Waals surface area contributed by atoms with Crippen LogP contribution in [0.1, 0.15) is 54.6 Å². The molecule has 6 nitrogen and oxygen atoms in total. The van der Waals surface area contributed by atoms with E-state index in [4.69, 9.17) is 15.7 Å². The highest BCUT2D eigenvalue weighted by Crippen LogP contribution is 2.31. The predicted octanol–water partition coefficient (Wildman–Crippen LogP) is 6.25. The minimum absolute atomic E-state index is 0.0308. The lowest BCUT2D eigenvalue weighted by Crippen LogP contribution is -2.33. The van der Waals surface area contributed by atoms with E-state index in [1.165, 1.54) is 11.1 Å². The van der Waals surface area contributed by atoms with E-state index < -0.39 is 0 Å². The second kappa shape index (κ2) is 10.8. The summed E-state index contributed by atoms with van der Waals surface area (Å²) >= 11 is 0. The minimum Gasteiger partial charge on any atom is -0.384 e. The van der Waals surface area contributed by atoms with Crippen LogP contribution in [0.5, 0.6) is 0 Å². The molecule has 0 aliphatic heterocycles. The van der Waals surface area contributed by atoms with Gasteiger partial charge in [0.2, 0.25) is 0 Å². The first kappa shape index (κ1) is 24.5. The molecule has 37 heavy (non-hydrogen) atoms. The van der Waals surface area contributed by atoms with Gasteiger partial charge >= 0.3 is 0 Å². The number of aromatic nitrogens is 3. The molecule has 0 fully saturated rings. The summed E-state index contributed by atoms with van der Waals surface area (Å²) < 4.78 is 1.85. The quantitative estimate of drug-likeness (QED) is 0.255. The molecule has 0 saturated carbocycles. The van der Waals surface area contributed by atoms with Crippen LogP contribution in [0.25, 0.3) is 27.9 Å². The van der Waals surface area contributed by atoms with Crippen molar-refractivity contribution in [3.8, 4) is 5.69 Å². The van der Waals surface area contributed by atoms with Crippen LogP contribution in [0.4, 0.5) is 5.82 Å². The number of benzene rings is 3. The Labute approximate surface area is 217 Å². The molecule has 5 rings (SSSR count). The van der Waals surface area contributed by atoms with Gasteiger partial charge in [0.05, 0.1) is 11.0 Å². The fourth-order valence-corrected chi connectivity index (χ4v) is 4.74. The van der Waals surface area contributed by atoms with Gasteiger partial charge in [-0.15, -0.1) is 0 Å². The van der Waals surface area contributed by atoms with Crippen LogP contribution >= 0.6 is 0 Å². The number of carbonyl (C=O) groups excluding carboxylic acids is 1. The summed E-state index contributed by atoms with van der Waals surface area (Å²) in [5.41, 5.74) is 13.0. The first-order chi connectivity index (χ1) is 18.0. The molecule has 2 heterocycles. The van der Waals surface area contributed by atoms with E-state index in [-0.39, 0.29) is 11.9 Å². The minimum atomic E-state index is -0.231. The fourth-order valence-electron chi connectivity index (χ4n) is 4.74. The van der Waals surface area contributed by atoms with Crippen LogP contribution in [0, 0.1) is 0 Å². The zero-order chi connectivity index (χ0) is 25.8. The zero-order valence-electron chi connectivity index (χ0n) is 21.4. The van der Waals surface area contributed by atoms with Crippen molar-refractivity contribution in [2.24, 2.45) is 0 Å². The van der Waals surface area contributed by atoms with Gasteiger partial charge in [-0.2, -0.15) is 0 Å². The number of nitrogen functional groups attached to an aromatic ring is 1. The number of fused-ring (bicyclic) bond motifs is 2. The van der Waals surface area contributed by atoms with E-state index in [9.17, 15) is 4.79 Å². The number of anilines is 1. The topological polar surface area (TPSA) is 85.8 Å². The third-order valence-corrected chi connectivity index (χ3v) is 6.82. The predicted molar refractivity (Wildman–Crippen MR) is 151 cm³/mol. The Morgan fingerprint density at radius 1 is 0.892 bits per heavy atom. The Kier molecular flexibility index (Phi) is 7.17. The largest absolute Gasteiger partial charge is 0.384 e. The fraction of sp³-hybridized carbons (Fsp3) is 0.258. The molecule has 1 atom stereocenters. The van der Waals surface area contributed by atoms with Crippen LogP contribution in [0.15, 0.2) is 78.9 Å². The van der Waals surface area contributed by atoms with Gasteiger partial charge < -0.3 is 11.1 Å². The SMILES string of the molecule is CCCCc1ccc(-n2c(N)c(C(=O)N[C@@H](C)CCc3ccccc3)c3nc4ccccc4nc32)cc1. The van der Waals surface area contributed by atoms with Gasteiger partial charge in [-0.05, 0) is 68.0 Å². The molecular weight excluding hydrogens is 458 g/mol. The van der Waals surface area contributed by atoms with Gasteiger partial charge in [0.15, 0.2) is 5.65 Å². The molecule has 0 unspecified atom stereocenters. The molecule has 0 bridgehead atoms. The first-order valence-corrected chi connectivity index (χ1v) is 13.1. The Morgan fingerprint density at radius 2 is 1.54 bits per heavy atom. The monoisotopic (exact) mass is 491 g/mol. The van der Waals surface area contributed by atoms with Crippen molar-refractivity contribution in [3.05, 3.63) is 95.6 Å². The Balaban J connectivity index is 1.51. The van der Waals surface area contributed by atoms with E-state index in [0.29, 0.717) is 22.5 Å². The maximum Gasteiger partial charge on any atom is 0.257 e. The number of unbranched alkanes of at least 4 members (excludes halogenated alkanes) is 1. The Hall–Kier alpha value is -4.19. The van der Waals surface area contributed by atoms with E-state index in [1.54, 1.807) is 0 Å². The molecule has 188 valence electrons. The molecule has 0 radical (unpaired) electrons. The molecule has 6 heteroatoms. The van der Waals surface area contributed by atoms with Crippen molar-refractivity contribution < 1.29 is 4.79 Å². The van der Waals surface area contributed by atoms with Crippen LogP contribution in [-0.4, -0.2) is 26.5 Å². The molecular formula is C31H33N5O. The summed E-state index contributed by atoms with van der Waals surface area (Å²) in [7, 11) is 0. The number of hydrogen-bond acceptors (Lipinski definition) is 4. The third-order valence-electron chi connectivity index (χ3n) is 6.82. The van der Waals surface area contributed by atoms with Crippen molar-refractivity contribution in [2.45, 2.75) is 52.0 Å². The van der Waals surface area contributed by atoms with E-state index >= 15 is 0 Å². The average molecular weight is 492 g/mol. The molecule has 0 spiro atoms. The van der Waals surface area contributed by atoms with Gasteiger partial charge in [0.25, 0.3) is 5.91 Å². The zero-order valence-corrected chi connectivity index (χ0v) is 21.4. The molecule has 0 saturated heterocycles. The molecule has 2 aromatic heterocycles. The van der Waals surface area contributed by atoms with Crippen molar-refractivity contribution in [2.75, 3.05) is 5.73 Å². The summed E-state index contributed by atoms with van der Waals surface area (Å²) in [4.78, 5) is 23.3. The summed E-state index contributed by atoms with van der Waals surface area (Å²) in [5, 5.41) is 3.14. The maximum atomic E-state index is 13.6. The van der Waals surface area contributed by atoms with Crippen molar-refractivity contribution in [3.63, 3.8) is 0 Å². The number of rotatable bonds is 9. The van der Waals surface area contributed by atoms with Crippen molar-refractivity contribution in [1.82, 2.24) is 19.9 Å². The lowest BCUT2D eigenvalue weighted by Gasteiger charge is -2.14. The molecule has 3 aromatic carbocycles. The number of nitrogens with zero attached hydrogens (tertiary/aromatic N) is 3. The van der Waals surface area contributed by atoms with Crippen LogP contribution in [0.2, 0.25) is 0 Å². The van der Waals surface area contributed by atoms with Crippen molar-refractivity contribution >= 4 is 33.9 Å². The van der Waals surface area contributed by atoms with Gasteiger partial charge in [-0.25, -0.2) is 9.97 Å². The number of amides is 1. The summed E-state index contributed by atoms with van der Waals surface area (Å²) in [5.74, 6) is 0.116. The van der Waals surface area contributed by atoms with Crippen LogP contribution in [-0.2, 0) is 12.8 Å². The standard InChI is InChI=1S/C31H33N5O/c1-3-4-10-23-17-19-24(20-18-23)36-29(32)27(28-30(36)35-26-14-9-8-13-25(26)34-28)31(37)33-21(2)15-16-22-11-6-5-7-12-22/h5-9,11-14,17-21H,3-4,10,15-16,32H2,1-2H3,(H,33,37)/t21-/m0/s1. The van der Waals surface area contributed by atoms with Crippen molar-refractivity contribution in [1.29, 1.82) is 0 Å². The average Bonchev–Trinajstić information content (AvgIpc) is 3.20. The van der Waals surface area contributed by atoms with Gasteiger partial charge in [-0.3, -0.25) is 9.36 Å². The maximum absolute atomic E-state index is 13.6. The Morgan fingerprint density at radius 3 is 2.24 bits per heavy atom. The van der Waals surface area contributed by atoms with E-state index in [0.717, 1.165) is 48.8 Å². The number of carbonyl (C=O) groups is 1. The third kappa shape index (κ3) is 5.19. The molecule has 3 N–H and O–H groups in total. The highest BCUT2D eigenvalue weighted by Gasteiger charge is 2.25. The smallest absolute Gasteiger partial charge is 0.257 e. The molecule has 5 aromatic rings. The normalized spacial score (nSPS) is 12.2. The summed E-state index contributed by atoms with van der Waals surface area (Å²) in [6, 6.07) is 26.3. The lowest BCUT2D eigenvalue weighted by atomic mass is 10.1. The first-order valence-electron chi connectivity index (χ1n) is 13.1.